The van der Waals surface area contributed by atoms with Crippen molar-refractivity contribution in [1.29, 1.82) is 0 Å². The second-order valence-corrected chi connectivity index (χ2v) is 5.60. The van der Waals surface area contributed by atoms with E-state index in [4.69, 9.17) is 5.73 Å². The SMILES string of the molecule is Cc1cc(N(C)C2CCCCC2C)c(N)cc1F. The summed E-state index contributed by atoms with van der Waals surface area (Å²) in [6, 6.07) is 3.83. The number of nitrogens with zero attached hydrogens (tertiary/aromatic N) is 1. The Morgan fingerprint density at radius 2 is 1.94 bits per heavy atom. The van der Waals surface area contributed by atoms with Gasteiger partial charge in [-0.05, 0) is 43.4 Å². The van der Waals surface area contributed by atoms with Gasteiger partial charge >= 0.3 is 0 Å². The van der Waals surface area contributed by atoms with Gasteiger partial charge in [-0.3, -0.25) is 0 Å². The first kappa shape index (κ1) is 13.2. The molecule has 0 aliphatic heterocycles. The van der Waals surface area contributed by atoms with Crippen LogP contribution in [0.15, 0.2) is 12.1 Å². The Balaban J connectivity index is 2.27. The minimum atomic E-state index is -0.221. The topological polar surface area (TPSA) is 29.3 Å². The van der Waals surface area contributed by atoms with Gasteiger partial charge in [0.15, 0.2) is 0 Å². The molecule has 0 saturated heterocycles. The number of halogens is 1. The molecule has 1 saturated carbocycles. The number of nitrogen functional groups attached to an aromatic ring is 1. The van der Waals surface area contributed by atoms with Crippen LogP contribution in [0.4, 0.5) is 15.8 Å². The maximum absolute atomic E-state index is 13.4. The molecule has 2 rings (SSSR count). The van der Waals surface area contributed by atoms with E-state index in [1.165, 1.54) is 31.7 Å². The monoisotopic (exact) mass is 250 g/mol. The molecule has 0 aromatic heterocycles. The molecule has 3 heteroatoms. The molecule has 0 bridgehead atoms. The van der Waals surface area contributed by atoms with E-state index in [0.717, 1.165) is 5.69 Å². The van der Waals surface area contributed by atoms with Crippen molar-refractivity contribution < 1.29 is 4.39 Å². The molecule has 2 atom stereocenters. The van der Waals surface area contributed by atoms with Gasteiger partial charge in [-0.25, -0.2) is 4.39 Å². The standard InChI is InChI=1S/C15H23FN2/c1-10-6-4-5-7-14(10)18(3)15-8-11(2)12(16)9-13(15)17/h8-10,14H,4-7,17H2,1-3H3. The van der Waals surface area contributed by atoms with Crippen LogP contribution in [-0.4, -0.2) is 13.1 Å². The van der Waals surface area contributed by atoms with E-state index >= 15 is 0 Å². The van der Waals surface area contributed by atoms with Crippen LogP contribution in [0.5, 0.6) is 0 Å². The average Bonchev–Trinajstić information content (AvgIpc) is 2.33. The van der Waals surface area contributed by atoms with Crippen molar-refractivity contribution in [3.63, 3.8) is 0 Å². The Labute approximate surface area is 109 Å². The molecular weight excluding hydrogens is 227 g/mol. The smallest absolute Gasteiger partial charge is 0.128 e. The summed E-state index contributed by atoms with van der Waals surface area (Å²) < 4.78 is 13.4. The van der Waals surface area contributed by atoms with E-state index in [1.54, 1.807) is 6.92 Å². The fraction of sp³-hybridized carbons (Fsp3) is 0.600. The number of anilines is 2. The number of nitrogens with two attached hydrogens (primary N) is 1. The second kappa shape index (κ2) is 5.17. The predicted molar refractivity (Wildman–Crippen MR) is 75.4 cm³/mol. The third kappa shape index (κ3) is 2.45. The van der Waals surface area contributed by atoms with E-state index in [0.29, 0.717) is 23.2 Å². The summed E-state index contributed by atoms with van der Waals surface area (Å²) in [5.74, 6) is 0.454. The van der Waals surface area contributed by atoms with Crippen molar-refractivity contribution in [1.82, 2.24) is 0 Å². The van der Waals surface area contributed by atoms with Crippen LogP contribution in [0.25, 0.3) is 0 Å². The summed E-state index contributed by atoms with van der Waals surface area (Å²) in [4.78, 5) is 2.24. The Morgan fingerprint density at radius 1 is 1.28 bits per heavy atom. The lowest BCUT2D eigenvalue weighted by atomic mass is 9.85. The third-order valence-corrected chi connectivity index (χ3v) is 4.25. The molecule has 0 heterocycles. The molecule has 0 radical (unpaired) electrons. The van der Waals surface area contributed by atoms with Crippen molar-refractivity contribution in [2.24, 2.45) is 5.92 Å². The summed E-state index contributed by atoms with van der Waals surface area (Å²) in [5, 5.41) is 0. The van der Waals surface area contributed by atoms with Crippen LogP contribution in [0.2, 0.25) is 0 Å². The van der Waals surface area contributed by atoms with E-state index in [9.17, 15) is 4.39 Å². The number of hydrogen-bond acceptors (Lipinski definition) is 2. The van der Waals surface area contributed by atoms with Gasteiger partial charge in [0.25, 0.3) is 0 Å². The molecule has 1 aliphatic rings. The summed E-state index contributed by atoms with van der Waals surface area (Å²) in [5.41, 5.74) is 8.13. The van der Waals surface area contributed by atoms with E-state index in [-0.39, 0.29) is 5.82 Å². The molecule has 100 valence electrons. The highest BCUT2D eigenvalue weighted by molar-refractivity contribution is 5.69. The maximum atomic E-state index is 13.4. The van der Waals surface area contributed by atoms with Crippen molar-refractivity contribution in [2.45, 2.75) is 45.6 Å². The van der Waals surface area contributed by atoms with Crippen molar-refractivity contribution in [3.05, 3.63) is 23.5 Å². The fourth-order valence-corrected chi connectivity index (χ4v) is 3.04. The molecule has 0 amide bonds. The molecule has 1 aliphatic carbocycles. The zero-order chi connectivity index (χ0) is 13.3. The molecule has 18 heavy (non-hydrogen) atoms. The van der Waals surface area contributed by atoms with Crippen LogP contribution >= 0.6 is 0 Å². The number of benzene rings is 1. The zero-order valence-electron chi connectivity index (χ0n) is 11.5. The largest absolute Gasteiger partial charge is 0.397 e. The summed E-state index contributed by atoms with van der Waals surface area (Å²) in [6.07, 6.45) is 5.07. The number of rotatable bonds is 2. The van der Waals surface area contributed by atoms with Crippen molar-refractivity contribution in [2.75, 3.05) is 17.7 Å². The van der Waals surface area contributed by atoms with Crippen molar-refractivity contribution in [3.8, 4) is 0 Å². The lowest BCUT2D eigenvalue weighted by molar-refractivity contribution is 0.322. The van der Waals surface area contributed by atoms with Gasteiger partial charge in [-0.2, -0.15) is 0 Å². The van der Waals surface area contributed by atoms with E-state index < -0.39 is 0 Å². The van der Waals surface area contributed by atoms with Crippen LogP contribution < -0.4 is 10.6 Å². The minimum absolute atomic E-state index is 0.221. The molecule has 1 fully saturated rings. The zero-order valence-corrected chi connectivity index (χ0v) is 11.5. The van der Waals surface area contributed by atoms with Gasteiger partial charge in [0.1, 0.15) is 5.82 Å². The Bertz CT molecular complexity index is 431. The van der Waals surface area contributed by atoms with Gasteiger partial charge in [-0.1, -0.05) is 19.8 Å². The Morgan fingerprint density at radius 3 is 2.61 bits per heavy atom. The normalized spacial score (nSPS) is 24.0. The van der Waals surface area contributed by atoms with Gasteiger partial charge in [0, 0.05) is 13.1 Å². The highest BCUT2D eigenvalue weighted by Gasteiger charge is 2.26. The molecule has 1 aromatic carbocycles. The Hall–Kier alpha value is -1.25. The molecular formula is C15H23FN2. The first-order valence-electron chi connectivity index (χ1n) is 6.79. The van der Waals surface area contributed by atoms with Gasteiger partial charge < -0.3 is 10.6 Å². The van der Waals surface area contributed by atoms with E-state index in [1.807, 2.05) is 6.07 Å². The first-order valence-corrected chi connectivity index (χ1v) is 6.79. The second-order valence-electron chi connectivity index (χ2n) is 5.60. The van der Waals surface area contributed by atoms with Crippen LogP contribution in [0, 0.1) is 18.7 Å². The van der Waals surface area contributed by atoms with Crippen molar-refractivity contribution >= 4 is 11.4 Å². The van der Waals surface area contributed by atoms with Crippen LogP contribution in [-0.2, 0) is 0 Å². The lowest BCUT2D eigenvalue weighted by Gasteiger charge is -2.38. The van der Waals surface area contributed by atoms with E-state index in [2.05, 4.69) is 18.9 Å². The molecule has 2 N–H and O–H groups in total. The summed E-state index contributed by atoms with van der Waals surface area (Å²) in [7, 11) is 2.08. The van der Waals surface area contributed by atoms with Crippen LogP contribution in [0.1, 0.15) is 38.2 Å². The molecule has 2 unspecified atom stereocenters. The fourth-order valence-electron chi connectivity index (χ4n) is 3.04. The minimum Gasteiger partial charge on any atom is -0.397 e. The number of hydrogen-bond donors (Lipinski definition) is 1. The van der Waals surface area contributed by atoms with Gasteiger partial charge in [0.05, 0.1) is 11.4 Å². The first-order chi connectivity index (χ1) is 8.50. The van der Waals surface area contributed by atoms with Gasteiger partial charge in [-0.15, -0.1) is 0 Å². The molecule has 2 nitrogen and oxygen atoms in total. The Kier molecular flexibility index (Phi) is 3.79. The molecule has 1 aromatic rings. The lowest BCUT2D eigenvalue weighted by Crippen LogP contribution is -2.39. The quantitative estimate of drug-likeness (QED) is 0.810. The van der Waals surface area contributed by atoms with Crippen LogP contribution in [0.3, 0.4) is 0 Å². The molecule has 0 spiro atoms. The predicted octanol–water partition coefficient (Wildman–Crippen LogP) is 3.73. The average molecular weight is 250 g/mol. The number of aryl methyl sites for hydroxylation is 1. The summed E-state index contributed by atoms with van der Waals surface area (Å²) in [6.45, 7) is 4.09. The maximum Gasteiger partial charge on any atom is 0.128 e. The highest BCUT2D eigenvalue weighted by atomic mass is 19.1. The third-order valence-electron chi connectivity index (χ3n) is 4.25. The summed E-state index contributed by atoms with van der Waals surface area (Å²) >= 11 is 0. The van der Waals surface area contributed by atoms with Gasteiger partial charge in [0.2, 0.25) is 0 Å². The highest BCUT2D eigenvalue weighted by Crippen LogP contribution is 2.34.